The van der Waals surface area contributed by atoms with Gasteiger partial charge in [-0.05, 0) is 6.42 Å². The van der Waals surface area contributed by atoms with Gasteiger partial charge in [0.15, 0.2) is 24.8 Å². The molecule has 6 heterocycles. The zero-order valence-electron chi connectivity index (χ0n) is 15.0. The predicted octanol–water partition coefficient (Wildman–Crippen LogP) is -4.01. The maximum Gasteiger partial charge on any atom is 0.170 e. The van der Waals surface area contributed by atoms with Crippen LogP contribution in [-0.4, -0.2) is 26.3 Å². The Kier molecular flexibility index (Phi) is 11.5. The first-order valence-electron chi connectivity index (χ1n) is 8.94. The Morgan fingerprint density at radius 3 is 1.50 bits per heavy atom. The Labute approximate surface area is 177 Å². The molecule has 26 heavy (non-hydrogen) atoms. The number of pyridine rings is 2. The number of nitrogens with zero attached hydrogens (tertiary/aromatic N) is 2. The second-order valence-electron chi connectivity index (χ2n) is 6.18. The van der Waals surface area contributed by atoms with Crippen LogP contribution >= 0.6 is 0 Å². The number of ether oxygens (including phenoxy) is 1. The van der Waals surface area contributed by atoms with Crippen molar-refractivity contribution < 1.29 is 47.8 Å². The molecule has 6 rings (SSSR count). The van der Waals surface area contributed by atoms with E-state index in [0.717, 1.165) is 37.6 Å². The van der Waals surface area contributed by atoms with Gasteiger partial charge in [-0.1, -0.05) is 0 Å². The molecular weight excluding hydrogens is 460 g/mol. The lowest BCUT2D eigenvalue weighted by Gasteiger charge is -2.09. The van der Waals surface area contributed by atoms with E-state index < -0.39 is 0 Å². The summed E-state index contributed by atoms with van der Waals surface area (Å²) >= 11 is 0. The van der Waals surface area contributed by atoms with Crippen molar-refractivity contribution in [2.45, 2.75) is 32.4 Å². The third kappa shape index (κ3) is 8.01. The van der Waals surface area contributed by atoms with E-state index in [-0.39, 0.29) is 34.0 Å². The molecule has 4 bridgehead atoms. The fourth-order valence-corrected chi connectivity index (χ4v) is 2.85. The molecule has 0 saturated heterocycles. The third-order valence-electron chi connectivity index (χ3n) is 4.27. The molecule has 0 amide bonds. The number of hydrogen-bond acceptors (Lipinski definition) is 3. The molecule has 0 atom stereocenters. The van der Waals surface area contributed by atoms with Gasteiger partial charge in [0.1, 0.15) is 13.1 Å². The molecule has 4 aliphatic heterocycles. The van der Waals surface area contributed by atoms with Crippen LogP contribution in [0.4, 0.5) is 11.4 Å². The first-order valence-corrected chi connectivity index (χ1v) is 8.94. The SMILES string of the molecule is [Br-].[Br-].c1c[n+]2ccc1NCCOCCNc1cc[n+](cc1)CCCCC2. The summed E-state index contributed by atoms with van der Waals surface area (Å²) in [6.45, 7) is 5.25. The van der Waals surface area contributed by atoms with E-state index in [9.17, 15) is 0 Å². The van der Waals surface area contributed by atoms with Gasteiger partial charge in [-0.15, -0.1) is 0 Å². The van der Waals surface area contributed by atoms with Crippen molar-refractivity contribution in [1.82, 2.24) is 0 Å². The fourth-order valence-electron chi connectivity index (χ4n) is 2.85. The minimum absolute atomic E-state index is 0. The molecule has 2 N–H and O–H groups in total. The van der Waals surface area contributed by atoms with Gasteiger partial charge in [-0.25, -0.2) is 9.13 Å². The van der Waals surface area contributed by atoms with Crippen molar-refractivity contribution >= 4 is 11.4 Å². The maximum atomic E-state index is 5.66. The Hall–Kier alpha value is -1.18. The Morgan fingerprint density at radius 1 is 0.654 bits per heavy atom. The molecule has 0 spiro atoms. The van der Waals surface area contributed by atoms with E-state index in [1.165, 1.54) is 19.3 Å². The van der Waals surface area contributed by atoms with Crippen LogP contribution in [0.3, 0.4) is 0 Å². The summed E-state index contributed by atoms with van der Waals surface area (Å²) < 4.78 is 10.2. The molecule has 0 fully saturated rings. The molecular formula is C19H28Br2N4O. The van der Waals surface area contributed by atoms with Crippen molar-refractivity contribution in [2.24, 2.45) is 0 Å². The van der Waals surface area contributed by atoms with E-state index in [1.54, 1.807) is 0 Å². The van der Waals surface area contributed by atoms with Crippen molar-refractivity contribution in [1.29, 1.82) is 0 Å². The molecule has 7 heteroatoms. The maximum absolute atomic E-state index is 5.66. The minimum Gasteiger partial charge on any atom is -1.00 e. The first-order chi connectivity index (χ1) is 11.9. The fraction of sp³-hybridized carbons (Fsp3) is 0.474. The zero-order valence-corrected chi connectivity index (χ0v) is 18.2. The topological polar surface area (TPSA) is 41.1 Å². The zero-order chi connectivity index (χ0) is 16.5. The van der Waals surface area contributed by atoms with Gasteiger partial charge in [0.05, 0.1) is 13.2 Å². The summed E-state index contributed by atoms with van der Waals surface area (Å²) in [5.41, 5.74) is 2.30. The highest BCUT2D eigenvalue weighted by atomic mass is 79.9. The number of anilines is 2. The lowest BCUT2D eigenvalue weighted by atomic mass is 10.2. The predicted molar refractivity (Wildman–Crippen MR) is 94.9 cm³/mol. The van der Waals surface area contributed by atoms with Gasteiger partial charge in [-0.3, -0.25) is 0 Å². The van der Waals surface area contributed by atoms with Crippen molar-refractivity contribution in [3.05, 3.63) is 49.1 Å². The van der Waals surface area contributed by atoms with E-state index in [0.29, 0.717) is 13.2 Å². The number of hydrogen-bond donors (Lipinski definition) is 2. The quantitative estimate of drug-likeness (QED) is 0.372. The van der Waals surface area contributed by atoms with E-state index in [4.69, 9.17) is 4.74 Å². The van der Waals surface area contributed by atoms with Gasteiger partial charge in [0.25, 0.3) is 0 Å². The van der Waals surface area contributed by atoms with Crippen LogP contribution in [0.5, 0.6) is 0 Å². The molecule has 2 aromatic heterocycles. The summed E-state index contributed by atoms with van der Waals surface area (Å²) in [7, 11) is 0. The first kappa shape index (κ1) is 22.9. The summed E-state index contributed by atoms with van der Waals surface area (Å²) in [4.78, 5) is 0. The number of nitrogens with one attached hydrogen (secondary N) is 2. The van der Waals surface area contributed by atoms with Crippen LogP contribution in [0.2, 0.25) is 0 Å². The molecule has 144 valence electrons. The molecule has 4 aliphatic rings. The second-order valence-corrected chi connectivity index (χ2v) is 6.18. The third-order valence-corrected chi connectivity index (χ3v) is 4.27. The number of aromatic nitrogens is 2. The van der Waals surface area contributed by atoms with Crippen molar-refractivity contribution in [3.63, 3.8) is 0 Å². The molecule has 0 aromatic carbocycles. The smallest absolute Gasteiger partial charge is 0.170 e. The van der Waals surface area contributed by atoms with Gasteiger partial charge in [0.2, 0.25) is 0 Å². The molecule has 0 radical (unpaired) electrons. The van der Waals surface area contributed by atoms with Crippen LogP contribution in [0.15, 0.2) is 49.1 Å². The van der Waals surface area contributed by atoms with Crippen LogP contribution in [0, 0.1) is 0 Å². The Morgan fingerprint density at radius 2 is 1.08 bits per heavy atom. The number of halogens is 2. The minimum atomic E-state index is 0. The summed E-state index contributed by atoms with van der Waals surface area (Å²) in [5.74, 6) is 0. The van der Waals surface area contributed by atoms with Gasteiger partial charge < -0.3 is 49.3 Å². The van der Waals surface area contributed by atoms with Crippen molar-refractivity contribution in [3.8, 4) is 0 Å². The summed E-state index contributed by atoms with van der Waals surface area (Å²) in [5, 5.41) is 6.79. The Balaban J connectivity index is 0.00000169. The highest BCUT2D eigenvalue weighted by Crippen LogP contribution is 2.04. The lowest BCUT2D eigenvalue weighted by Crippen LogP contribution is -3.00. The standard InChI is InChI=1S/C19H26N4O.2BrH/c1-2-10-22-12-4-18(5-13-22)20-8-16-24-17-9-21-19-6-14-23(11-3-1)15-7-19;;/h4-7,12-15H,1-3,8-11,16-17H2;2*1H. The molecule has 5 nitrogen and oxygen atoms in total. The average Bonchev–Trinajstić information content (AvgIpc) is 2.62. The highest BCUT2D eigenvalue weighted by Gasteiger charge is 2.04. The lowest BCUT2D eigenvalue weighted by molar-refractivity contribution is -0.701. The molecule has 2 aromatic rings. The highest BCUT2D eigenvalue weighted by molar-refractivity contribution is 5.40. The number of rotatable bonds is 0. The summed E-state index contributed by atoms with van der Waals surface area (Å²) in [6, 6.07) is 8.54. The second kappa shape index (κ2) is 13.1. The average molecular weight is 488 g/mol. The Bertz CT molecular complexity index is 554. The van der Waals surface area contributed by atoms with Gasteiger partial charge >= 0.3 is 0 Å². The largest absolute Gasteiger partial charge is 1.00 e. The van der Waals surface area contributed by atoms with Gasteiger partial charge in [0, 0.05) is 61.6 Å². The van der Waals surface area contributed by atoms with E-state index in [2.05, 4.69) is 68.8 Å². The molecule has 0 aliphatic carbocycles. The van der Waals surface area contributed by atoms with Crippen molar-refractivity contribution in [2.75, 3.05) is 36.9 Å². The van der Waals surface area contributed by atoms with Crippen LogP contribution in [0.25, 0.3) is 0 Å². The summed E-state index contributed by atoms with van der Waals surface area (Å²) in [6.07, 6.45) is 12.3. The van der Waals surface area contributed by atoms with Gasteiger partial charge in [-0.2, -0.15) is 0 Å². The molecule has 0 saturated carbocycles. The number of aryl methyl sites for hydroxylation is 2. The van der Waals surface area contributed by atoms with Crippen LogP contribution in [0.1, 0.15) is 19.3 Å². The van der Waals surface area contributed by atoms with Crippen LogP contribution < -0.4 is 53.7 Å². The van der Waals surface area contributed by atoms with E-state index >= 15 is 0 Å². The van der Waals surface area contributed by atoms with Crippen LogP contribution in [-0.2, 0) is 17.8 Å². The van der Waals surface area contributed by atoms with E-state index in [1.807, 2.05) is 0 Å². The monoisotopic (exact) mass is 486 g/mol. The normalized spacial score (nSPS) is 15.7. The molecule has 0 unspecified atom stereocenters.